The van der Waals surface area contributed by atoms with Gasteiger partial charge < -0.3 is 4.74 Å². The molecule has 0 bridgehead atoms. The van der Waals surface area contributed by atoms with E-state index >= 15 is 0 Å². The number of ether oxygens (including phenoxy) is 1. The van der Waals surface area contributed by atoms with Crippen molar-refractivity contribution in [3.8, 4) is 22.7 Å². The molecule has 6 aromatic rings. The van der Waals surface area contributed by atoms with Crippen molar-refractivity contribution in [2.75, 3.05) is 6.61 Å². The van der Waals surface area contributed by atoms with Crippen LogP contribution in [-0.4, -0.2) is 31.0 Å². The molecule has 0 saturated heterocycles. The summed E-state index contributed by atoms with van der Waals surface area (Å²) in [7, 11) is 0. The Morgan fingerprint density at radius 3 is 2.66 bits per heavy atom. The molecule has 0 saturated carbocycles. The van der Waals surface area contributed by atoms with Crippen molar-refractivity contribution in [3.63, 3.8) is 0 Å². The second kappa shape index (κ2) is 10.2. The van der Waals surface area contributed by atoms with E-state index in [0.29, 0.717) is 38.7 Å². The van der Waals surface area contributed by atoms with Crippen molar-refractivity contribution in [2.45, 2.75) is 6.92 Å². The zero-order chi connectivity index (χ0) is 26.1. The van der Waals surface area contributed by atoms with Crippen molar-refractivity contribution in [2.24, 2.45) is 0 Å². The maximum Gasteiger partial charge on any atom is 0.291 e. The Morgan fingerprint density at radius 2 is 1.92 bits per heavy atom. The highest BCUT2D eigenvalue weighted by molar-refractivity contribution is 7.15. The molecule has 188 valence electrons. The number of benzene rings is 2. The third-order valence-electron chi connectivity index (χ3n) is 5.69. The first-order chi connectivity index (χ1) is 18.6. The maximum absolute atomic E-state index is 14.7. The highest BCUT2D eigenvalue weighted by Crippen LogP contribution is 2.28. The van der Waals surface area contributed by atoms with Crippen molar-refractivity contribution in [3.05, 3.63) is 109 Å². The van der Waals surface area contributed by atoms with E-state index < -0.39 is 5.82 Å². The van der Waals surface area contributed by atoms with Gasteiger partial charge in [-0.2, -0.15) is 14.6 Å². The van der Waals surface area contributed by atoms with E-state index in [0.717, 1.165) is 10.6 Å². The molecular weight excluding hydrogens is 521 g/mol. The minimum atomic E-state index is -0.476. The summed E-state index contributed by atoms with van der Waals surface area (Å²) < 4.78 is 23.5. The molecule has 0 unspecified atom stereocenters. The van der Waals surface area contributed by atoms with Crippen LogP contribution in [0.3, 0.4) is 0 Å². The molecule has 0 aliphatic carbocycles. The van der Waals surface area contributed by atoms with Gasteiger partial charge in [-0.05, 0) is 66.9 Å². The summed E-state index contributed by atoms with van der Waals surface area (Å²) in [6, 6.07) is 18.3. The normalized spacial score (nSPS) is 12.2. The Labute approximate surface area is 224 Å². The Kier molecular flexibility index (Phi) is 6.40. The quantitative estimate of drug-likeness (QED) is 0.274. The lowest BCUT2D eigenvalue weighted by Gasteiger charge is -2.06. The average molecular weight is 542 g/mol. The summed E-state index contributed by atoms with van der Waals surface area (Å²) in [6.07, 6.45) is 7.28. The SMILES string of the molecule is CCOc1ccc(-c2nn(-c3ccccc3)cc2/C=c2\sc3nc(/C=C/c4cccs4)nn3c2=O)cc1F. The molecule has 0 aliphatic rings. The Morgan fingerprint density at radius 1 is 1.05 bits per heavy atom. The van der Waals surface area contributed by atoms with Crippen molar-refractivity contribution < 1.29 is 9.13 Å². The second-order valence-electron chi connectivity index (χ2n) is 8.22. The van der Waals surface area contributed by atoms with Crippen LogP contribution in [0.15, 0.2) is 77.0 Å². The molecule has 0 amide bonds. The summed E-state index contributed by atoms with van der Waals surface area (Å²) in [4.78, 5) is 19.3. The van der Waals surface area contributed by atoms with Gasteiger partial charge in [-0.25, -0.2) is 9.07 Å². The molecule has 0 radical (unpaired) electrons. The van der Waals surface area contributed by atoms with E-state index in [-0.39, 0.29) is 11.3 Å². The molecule has 0 spiro atoms. The van der Waals surface area contributed by atoms with Gasteiger partial charge in [0.1, 0.15) is 5.69 Å². The summed E-state index contributed by atoms with van der Waals surface area (Å²) >= 11 is 2.85. The lowest BCUT2D eigenvalue weighted by molar-refractivity contribution is 0.321. The summed E-state index contributed by atoms with van der Waals surface area (Å²) in [5, 5.41) is 11.1. The Bertz CT molecular complexity index is 1870. The summed E-state index contributed by atoms with van der Waals surface area (Å²) in [5.41, 5.74) is 2.34. The first-order valence-corrected chi connectivity index (χ1v) is 13.5. The van der Waals surface area contributed by atoms with E-state index in [1.807, 2.05) is 60.1 Å². The smallest absolute Gasteiger partial charge is 0.291 e. The van der Waals surface area contributed by atoms with Gasteiger partial charge in [0.2, 0.25) is 4.96 Å². The average Bonchev–Trinajstić information content (AvgIpc) is 3.72. The lowest BCUT2D eigenvalue weighted by Crippen LogP contribution is -2.23. The van der Waals surface area contributed by atoms with Crippen molar-refractivity contribution in [1.29, 1.82) is 0 Å². The van der Waals surface area contributed by atoms with Gasteiger partial charge in [-0.3, -0.25) is 4.79 Å². The second-order valence-corrected chi connectivity index (χ2v) is 10.2. The molecule has 2 aromatic carbocycles. The third kappa shape index (κ3) is 4.67. The van der Waals surface area contributed by atoms with Gasteiger partial charge in [0.25, 0.3) is 5.56 Å². The molecular formula is C28H20FN5O2S2. The molecule has 4 heterocycles. The van der Waals surface area contributed by atoms with E-state index in [1.165, 1.54) is 21.9 Å². The molecule has 0 fully saturated rings. The number of hydrogen-bond donors (Lipinski definition) is 0. The highest BCUT2D eigenvalue weighted by atomic mass is 32.1. The van der Waals surface area contributed by atoms with E-state index in [4.69, 9.17) is 9.84 Å². The molecule has 10 heteroatoms. The van der Waals surface area contributed by atoms with Crippen molar-refractivity contribution in [1.82, 2.24) is 24.4 Å². The number of nitrogens with zero attached hydrogens (tertiary/aromatic N) is 5. The lowest BCUT2D eigenvalue weighted by atomic mass is 10.1. The fourth-order valence-electron chi connectivity index (χ4n) is 3.95. The van der Waals surface area contributed by atoms with E-state index in [1.54, 1.807) is 47.2 Å². The topological polar surface area (TPSA) is 74.3 Å². The molecule has 0 N–H and O–H groups in total. The number of para-hydroxylation sites is 1. The zero-order valence-corrected chi connectivity index (χ0v) is 21.7. The largest absolute Gasteiger partial charge is 0.491 e. The monoisotopic (exact) mass is 541 g/mol. The van der Waals surface area contributed by atoms with Crippen molar-refractivity contribution >= 4 is 45.9 Å². The summed E-state index contributed by atoms with van der Waals surface area (Å²) in [5.74, 6) is 0.173. The number of aromatic nitrogens is 5. The Balaban J connectivity index is 1.43. The Hall–Kier alpha value is -4.41. The fraction of sp³-hybridized carbons (Fsp3) is 0.0714. The summed E-state index contributed by atoms with van der Waals surface area (Å²) in [6.45, 7) is 2.17. The molecule has 0 atom stereocenters. The number of hydrogen-bond acceptors (Lipinski definition) is 7. The van der Waals surface area contributed by atoms with Crippen LogP contribution in [0, 0.1) is 5.82 Å². The van der Waals surface area contributed by atoms with Gasteiger partial charge in [0.15, 0.2) is 17.4 Å². The number of fused-ring (bicyclic) bond motifs is 1. The van der Waals surface area contributed by atoms with Crippen LogP contribution in [0.5, 0.6) is 5.75 Å². The van der Waals surface area contributed by atoms with Gasteiger partial charge in [-0.1, -0.05) is 35.6 Å². The van der Waals surface area contributed by atoms with Crippen LogP contribution in [0.1, 0.15) is 23.2 Å². The molecule has 7 nitrogen and oxygen atoms in total. The highest BCUT2D eigenvalue weighted by Gasteiger charge is 2.15. The van der Waals surface area contributed by atoms with E-state index in [2.05, 4.69) is 10.1 Å². The van der Waals surface area contributed by atoms with Crippen LogP contribution in [-0.2, 0) is 0 Å². The third-order valence-corrected chi connectivity index (χ3v) is 7.49. The van der Waals surface area contributed by atoms with Crippen LogP contribution in [0.2, 0.25) is 0 Å². The van der Waals surface area contributed by atoms with Gasteiger partial charge in [-0.15, -0.1) is 16.4 Å². The number of thiazole rings is 1. The van der Waals surface area contributed by atoms with Crippen LogP contribution in [0.4, 0.5) is 4.39 Å². The maximum atomic E-state index is 14.7. The first-order valence-electron chi connectivity index (χ1n) is 11.8. The van der Waals surface area contributed by atoms with E-state index in [9.17, 15) is 9.18 Å². The van der Waals surface area contributed by atoms with Crippen LogP contribution < -0.4 is 14.8 Å². The fourth-order valence-corrected chi connectivity index (χ4v) is 5.48. The van der Waals surface area contributed by atoms with Crippen LogP contribution >= 0.6 is 22.7 Å². The standard InChI is InChI=1S/C28H20FN5O2S2/c1-2-36-23-12-10-18(15-22(23)29)26-19(17-33(32-26)20-7-4-3-5-8-20)16-24-27(35)34-28(38-24)30-25(31-34)13-11-21-9-6-14-37-21/h3-17H,2H2,1H3/b13-11+,24-16-. The van der Waals surface area contributed by atoms with Gasteiger partial charge in [0.05, 0.1) is 16.8 Å². The minimum absolute atomic E-state index is 0.181. The first kappa shape index (κ1) is 24.0. The number of thiophene rings is 1. The number of halogens is 1. The van der Waals surface area contributed by atoms with Gasteiger partial charge in [0, 0.05) is 22.2 Å². The molecule has 4 aromatic heterocycles. The molecule has 0 aliphatic heterocycles. The predicted octanol–water partition coefficient (Wildman–Crippen LogP) is 5.32. The minimum Gasteiger partial charge on any atom is -0.491 e. The number of rotatable bonds is 7. The van der Waals surface area contributed by atoms with Gasteiger partial charge >= 0.3 is 0 Å². The molecule has 38 heavy (non-hydrogen) atoms. The predicted molar refractivity (Wildman–Crippen MR) is 149 cm³/mol. The molecule has 6 rings (SSSR count). The zero-order valence-electron chi connectivity index (χ0n) is 20.1. The van der Waals surface area contributed by atoms with Crippen LogP contribution in [0.25, 0.3) is 40.1 Å².